The van der Waals surface area contributed by atoms with Crippen LogP contribution in [0.15, 0.2) is 36.5 Å². The minimum atomic E-state index is -0.676. The van der Waals surface area contributed by atoms with Crippen LogP contribution in [0, 0.1) is 0 Å². The molecule has 0 saturated carbocycles. The number of amides is 1. The van der Waals surface area contributed by atoms with Crippen LogP contribution >= 0.6 is 0 Å². The lowest BCUT2D eigenvalue weighted by Gasteiger charge is -2.18. The third kappa shape index (κ3) is 3.75. The SMILES string of the molecule is COC[C@H](O)CN(C)C(=O)/C=C/c1cn(C)c2ccccc12. The van der Waals surface area contributed by atoms with Crippen molar-refractivity contribution in [2.75, 3.05) is 27.3 Å². The number of para-hydroxylation sites is 1. The highest BCUT2D eigenvalue weighted by Gasteiger charge is 2.11. The van der Waals surface area contributed by atoms with E-state index in [0.29, 0.717) is 0 Å². The number of likely N-dealkylation sites (N-methyl/N-ethyl adjacent to an activating group) is 1. The van der Waals surface area contributed by atoms with Gasteiger partial charge in [0.25, 0.3) is 0 Å². The lowest BCUT2D eigenvalue weighted by atomic mass is 10.1. The van der Waals surface area contributed by atoms with Crippen molar-refractivity contribution in [1.82, 2.24) is 9.47 Å². The number of nitrogens with zero attached hydrogens (tertiary/aromatic N) is 2. The summed E-state index contributed by atoms with van der Waals surface area (Å²) in [6, 6.07) is 8.05. The van der Waals surface area contributed by atoms with E-state index in [1.165, 1.54) is 18.1 Å². The van der Waals surface area contributed by atoms with Gasteiger partial charge in [0.15, 0.2) is 0 Å². The lowest BCUT2D eigenvalue weighted by molar-refractivity contribution is -0.126. The van der Waals surface area contributed by atoms with Gasteiger partial charge in [0, 0.05) is 56.5 Å². The smallest absolute Gasteiger partial charge is 0.246 e. The molecule has 0 saturated heterocycles. The molecule has 2 rings (SSSR count). The molecule has 0 bridgehead atoms. The van der Waals surface area contributed by atoms with Gasteiger partial charge in [-0.3, -0.25) is 4.79 Å². The van der Waals surface area contributed by atoms with Gasteiger partial charge < -0.3 is 19.3 Å². The summed E-state index contributed by atoms with van der Waals surface area (Å²) in [5.41, 5.74) is 2.12. The van der Waals surface area contributed by atoms with E-state index in [4.69, 9.17) is 4.74 Å². The fraction of sp³-hybridized carbons (Fsp3) is 0.353. The van der Waals surface area contributed by atoms with Gasteiger partial charge >= 0.3 is 0 Å². The van der Waals surface area contributed by atoms with Crippen LogP contribution in [0.2, 0.25) is 0 Å². The van der Waals surface area contributed by atoms with E-state index < -0.39 is 6.10 Å². The first-order valence-corrected chi connectivity index (χ1v) is 7.17. The van der Waals surface area contributed by atoms with E-state index in [1.54, 1.807) is 7.05 Å². The van der Waals surface area contributed by atoms with Crippen molar-refractivity contribution in [3.8, 4) is 0 Å². The Morgan fingerprint density at radius 3 is 2.91 bits per heavy atom. The van der Waals surface area contributed by atoms with E-state index in [0.717, 1.165) is 16.5 Å². The molecule has 1 aromatic carbocycles. The molecule has 0 aliphatic heterocycles. The number of methoxy groups -OCH3 is 1. The Kier molecular flexibility index (Phi) is 5.35. The molecule has 5 heteroatoms. The van der Waals surface area contributed by atoms with Gasteiger partial charge in [-0.15, -0.1) is 0 Å². The topological polar surface area (TPSA) is 54.7 Å². The quantitative estimate of drug-likeness (QED) is 0.826. The molecule has 0 aliphatic carbocycles. The zero-order valence-electron chi connectivity index (χ0n) is 13.2. The number of hydrogen-bond acceptors (Lipinski definition) is 3. The first-order chi connectivity index (χ1) is 10.5. The van der Waals surface area contributed by atoms with Crippen LogP contribution < -0.4 is 0 Å². The Morgan fingerprint density at radius 2 is 2.18 bits per heavy atom. The van der Waals surface area contributed by atoms with Crippen LogP contribution in [-0.2, 0) is 16.6 Å². The molecule has 1 amide bonds. The van der Waals surface area contributed by atoms with Gasteiger partial charge in [-0.05, 0) is 12.1 Å². The summed E-state index contributed by atoms with van der Waals surface area (Å²) in [6.45, 7) is 0.456. The summed E-state index contributed by atoms with van der Waals surface area (Å²) in [5, 5.41) is 10.8. The van der Waals surface area contributed by atoms with E-state index in [2.05, 4.69) is 0 Å². The van der Waals surface area contributed by atoms with Crippen molar-refractivity contribution in [1.29, 1.82) is 0 Å². The number of rotatable bonds is 6. The van der Waals surface area contributed by atoms with Crippen LogP contribution in [0.5, 0.6) is 0 Å². The Bertz CT molecular complexity index is 676. The van der Waals surface area contributed by atoms with Crippen molar-refractivity contribution >= 4 is 22.9 Å². The second-order valence-electron chi connectivity index (χ2n) is 5.37. The average Bonchev–Trinajstić information content (AvgIpc) is 2.82. The van der Waals surface area contributed by atoms with Crippen molar-refractivity contribution < 1.29 is 14.6 Å². The van der Waals surface area contributed by atoms with Crippen molar-refractivity contribution in [2.45, 2.75) is 6.10 Å². The van der Waals surface area contributed by atoms with Crippen LogP contribution in [0.1, 0.15) is 5.56 Å². The van der Waals surface area contributed by atoms with Crippen molar-refractivity contribution in [2.24, 2.45) is 7.05 Å². The number of aliphatic hydroxyl groups excluding tert-OH is 1. The van der Waals surface area contributed by atoms with E-state index in [-0.39, 0.29) is 19.1 Å². The van der Waals surface area contributed by atoms with Gasteiger partial charge in [0.1, 0.15) is 0 Å². The van der Waals surface area contributed by atoms with Crippen LogP contribution in [0.3, 0.4) is 0 Å². The Morgan fingerprint density at radius 1 is 1.45 bits per heavy atom. The first kappa shape index (κ1) is 16.3. The molecule has 0 unspecified atom stereocenters. The highest BCUT2D eigenvalue weighted by molar-refractivity contribution is 5.96. The van der Waals surface area contributed by atoms with Crippen molar-refractivity contribution in [3.05, 3.63) is 42.1 Å². The summed E-state index contributed by atoms with van der Waals surface area (Å²) in [6.07, 6.45) is 4.66. The number of aliphatic hydroxyl groups is 1. The normalized spacial score (nSPS) is 12.9. The minimum absolute atomic E-state index is 0.150. The Hall–Kier alpha value is -2.11. The fourth-order valence-corrected chi connectivity index (χ4v) is 2.45. The fourth-order valence-electron chi connectivity index (χ4n) is 2.45. The lowest BCUT2D eigenvalue weighted by Crippen LogP contribution is -2.35. The second kappa shape index (κ2) is 7.24. The number of benzene rings is 1. The third-order valence-corrected chi connectivity index (χ3v) is 3.55. The van der Waals surface area contributed by atoms with E-state index in [9.17, 15) is 9.90 Å². The number of carbonyl (C=O) groups excluding carboxylic acids is 1. The summed E-state index contributed by atoms with van der Waals surface area (Å²) in [5.74, 6) is -0.150. The van der Waals surface area contributed by atoms with E-state index >= 15 is 0 Å². The maximum atomic E-state index is 12.1. The molecule has 5 nitrogen and oxygen atoms in total. The summed E-state index contributed by atoms with van der Waals surface area (Å²) >= 11 is 0. The molecule has 22 heavy (non-hydrogen) atoms. The minimum Gasteiger partial charge on any atom is -0.389 e. The molecule has 0 aliphatic rings. The average molecular weight is 302 g/mol. The number of ether oxygens (including phenoxy) is 1. The van der Waals surface area contributed by atoms with E-state index in [1.807, 2.05) is 48.2 Å². The van der Waals surface area contributed by atoms with Gasteiger partial charge in [-0.1, -0.05) is 18.2 Å². The summed E-state index contributed by atoms with van der Waals surface area (Å²) < 4.78 is 6.89. The van der Waals surface area contributed by atoms with Crippen LogP contribution in [0.25, 0.3) is 17.0 Å². The molecule has 0 spiro atoms. The standard InChI is InChI=1S/C17H22N2O3/c1-18-10-13(15-6-4-5-7-16(15)18)8-9-17(21)19(2)11-14(20)12-22-3/h4-10,14,20H,11-12H2,1-3H3/b9-8+/t14-/m1/s1. The van der Waals surface area contributed by atoms with Gasteiger partial charge in [0.2, 0.25) is 5.91 Å². The zero-order chi connectivity index (χ0) is 16.1. The number of aromatic nitrogens is 1. The Balaban J connectivity index is 2.08. The van der Waals surface area contributed by atoms with Gasteiger partial charge in [-0.25, -0.2) is 0 Å². The molecule has 0 radical (unpaired) electrons. The molecule has 2 aromatic rings. The highest BCUT2D eigenvalue weighted by Crippen LogP contribution is 2.21. The summed E-state index contributed by atoms with van der Waals surface area (Å²) in [7, 11) is 5.16. The predicted molar refractivity (Wildman–Crippen MR) is 87.5 cm³/mol. The van der Waals surface area contributed by atoms with Crippen LogP contribution in [-0.4, -0.2) is 53.9 Å². The summed E-state index contributed by atoms with van der Waals surface area (Å²) in [4.78, 5) is 13.6. The number of carbonyl (C=O) groups is 1. The number of hydrogen-bond donors (Lipinski definition) is 1. The number of fused-ring (bicyclic) bond motifs is 1. The monoisotopic (exact) mass is 302 g/mol. The second-order valence-corrected chi connectivity index (χ2v) is 5.37. The molecule has 1 heterocycles. The molecule has 1 aromatic heterocycles. The molecule has 118 valence electrons. The van der Waals surface area contributed by atoms with Gasteiger partial charge in [-0.2, -0.15) is 0 Å². The largest absolute Gasteiger partial charge is 0.389 e. The predicted octanol–water partition coefficient (Wildman–Crippen LogP) is 1.66. The Labute approximate surface area is 130 Å². The first-order valence-electron chi connectivity index (χ1n) is 7.17. The maximum absolute atomic E-state index is 12.1. The third-order valence-electron chi connectivity index (χ3n) is 3.55. The molecule has 0 fully saturated rings. The van der Waals surface area contributed by atoms with Crippen LogP contribution in [0.4, 0.5) is 0 Å². The van der Waals surface area contributed by atoms with Crippen molar-refractivity contribution in [3.63, 3.8) is 0 Å². The highest BCUT2D eigenvalue weighted by atomic mass is 16.5. The molecular weight excluding hydrogens is 280 g/mol. The van der Waals surface area contributed by atoms with Gasteiger partial charge in [0.05, 0.1) is 12.7 Å². The number of aryl methyl sites for hydroxylation is 1. The maximum Gasteiger partial charge on any atom is 0.246 e. The zero-order valence-corrected chi connectivity index (χ0v) is 13.2. The molecular formula is C17H22N2O3. The molecule has 1 atom stereocenters. The molecule has 1 N–H and O–H groups in total.